The maximum absolute atomic E-state index is 11.6. The molecule has 20 heavy (non-hydrogen) atoms. The molecule has 0 fully saturated rings. The van der Waals surface area contributed by atoms with Crippen molar-refractivity contribution in [3.63, 3.8) is 0 Å². The molecule has 0 aliphatic heterocycles. The summed E-state index contributed by atoms with van der Waals surface area (Å²) in [6.07, 6.45) is 3.85. The van der Waals surface area contributed by atoms with Gasteiger partial charge in [-0.1, -0.05) is 29.8 Å². The monoisotopic (exact) mass is 282 g/mol. The first-order chi connectivity index (χ1) is 9.66. The Balaban J connectivity index is 2.24. The molecule has 2 heterocycles. The molecule has 2 aromatic heterocycles. The van der Waals surface area contributed by atoms with Crippen LogP contribution in [0.5, 0.6) is 0 Å². The molecule has 0 atom stereocenters. The van der Waals surface area contributed by atoms with E-state index >= 15 is 0 Å². The summed E-state index contributed by atoms with van der Waals surface area (Å²) in [5.41, 5.74) is 9.67. The standard InChI is InChI=1S/C16H14N2OS/c1-11-5-4-6-12(9-11)13-10-20-15(16(17)19)14(13)18-7-2-3-8-18/h2-10H,1H3,(H2,17,19). The highest BCUT2D eigenvalue weighted by atomic mass is 32.1. The molecule has 0 bridgehead atoms. The van der Waals surface area contributed by atoms with E-state index in [1.54, 1.807) is 0 Å². The molecule has 0 saturated heterocycles. The summed E-state index contributed by atoms with van der Waals surface area (Å²) in [5, 5.41) is 1.99. The highest BCUT2D eigenvalue weighted by molar-refractivity contribution is 7.13. The molecule has 1 amide bonds. The van der Waals surface area contributed by atoms with Crippen LogP contribution >= 0.6 is 11.3 Å². The van der Waals surface area contributed by atoms with Crippen molar-refractivity contribution in [3.05, 3.63) is 64.6 Å². The quantitative estimate of drug-likeness (QED) is 0.783. The normalized spacial score (nSPS) is 10.7. The maximum Gasteiger partial charge on any atom is 0.260 e. The van der Waals surface area contributed by atoms with Crippen molar-refractivity contribution in [1.82, 2.24) is 4.57 Å². The van der Waals surface area contributed by atoms with Gasteiger partial charge < -0.3 is 10.3 Å². The van der Waals surface area contributed by atoms with Gasteiger partial charge in [0.05, 0.1) is 5.69 Å². The smallest absolute Gasteiger partial charge is 0.260 e. The third-order valence-corrected chi connectivity index (χ3v) is 4.16. The summed E-state index contributed by atoms with van der Waals surface area (Å²) in [6.45, 7) is 2.06. The maximum atomic E-state index is 11.6. The number of carbonyl (C=O) groups excluding carboxylic acids is 1. The van der Waals surface area contributed by atoms with Gasteiger partial charge in [0, 0.05) is 23.3 Å². The van der Waals surface area contributed by atoms with Crippen molar-refractivity contribution in [2.45, 2.75) is 6.92 Å². The first-order valence-corrected chi connectivity index (χ1v) is 7.16. The second kappa shape index (κ2) is 4.98. The Labute approximate surface area is 121 Å². The van der Waals surface area contributed by atoms with Gasteiger partial charge in [-0.3, -0.25) is 4.79 Å². The number of amides is 1. The Bertz CT molecular complexity index is 757. The van der Waals surface area contributed by atoms with Crippen LogP contribution in [0.4, 0.5) is 0 Å². The van der Waals surface area contributed by atoms with Crippen LogP contribution in [0.25, 0.3) is 16.8 Å². The van der Waals surface area contributed by atoms with E-state index in [2.05, 4.69) is 19.1 Å². The van der Waals surface area contributed by atoms with Gasteiger partial charge in [-0.15, -0.1) is 11.3 Å². The van der Waals surface area contributed by atoms with Crippen LogP contribution in [-0.2, 0) is 0 Å². The predicted octanol–water partition coefficient (Wildman–Crippen LogP) is 3.61. The lowest BCUT2D eigenvalue weighted by molar-refractivity contribution is 0.100. The molecule has 3 aromatic rings. The molecule has 3 nitrogen and oxygen atoms in total. The lowest BCUT2D eigenvalue weighted by atomic mass is 10.0. The Morgan fingerprint density at radius 1 is 1.20 bits per heavy atom. The fourth-order valence-corrected chi connectivity index (χ4v) is 3.21. The Morgan fingerprint density at radius 3 is 2.60 bits per heavy atom. The molecule has 0 aliphatic carbocycles. The van der Waals surface area contributed by atoms with Crippen LogP contribution in [0.1, 0.15) is 15.2 Å². The molecule has 100 valence electrons. The van der Waals surface area contributed by atoms with Crippen molar-refractivity contribution in [1.29, 1.82) is 0 Å². The van der Waals surface area contributed by atoms with E-state index in [1.165, 1.54) is 16.9 Å². The zero-order valence-electron chi connectivity index (χ0n) is 11.0. The minimum Gasteiger partial charge on any atom is -0.365 e. The molecule has 0 unspecified atom stereocenters. The van der Waals surface area contributed by atoms with E-state index in [4.69, 9.17) is 5.73 Å². The Morgan fingerprint density at radius 2 is 1.95 bits per heavy atom. The zero-order valence-corrected chi connectivity index (χ0v) is 11.9. The number of benzene rings is 1. The fourth-order valence-electron chi connectivity index (χ4n) is 2.28. The number of primary amides is 1. The second-order valence-corrected chi connectivity index (χ2v) is 5.53. The lowest BCUT2D eigenvalue weighted by Crippen LogP contribution is -2.12. The summed E-state index contributed by atoms with van der Waals surface area (Å²) in [7, 11) is 0. The third-order valence-electron chi connectivity index (χ3n) is 3.18. The summed E-state index contributed by atoms with van der Waals surface area (Å²) < 4.78 is 1.94. The van der Waals surface area contributed by atoms with E-state index < -0.39 is 5.91 Å². The van der Waals surface area contributed by atoms with Crippen molar-refractivity contribution in [3.8, 4) is 16.8 Å². The first kappa shape index (κ1) is 12.7. The summed E-state index contributed by atoms with van der Waals surface area (Å²) in [4.78, 5) is 12.2. The van der Waals surface area contributed by atoms with Crippen molar-refractivity contribution >= 4 is 17.2 Å². The number of carbonyl (C=O) groups is 1. The summed E-state index contributed by atoms with van der Waals surface area (Å²) in [5.74, 6) is -0.391. The van der Waals surface area contributed by atoms with Gasteiger partial charge in [-0.25, -0.2) is 0 Å². The van der Waals surface area contributed by atoms with Crippen molar-refractivity contribution in [2.24, 2.45) is 5.73 Å². The third kappa shape index (κ3) is 2.14. The molecule has 0 saturated carbocycles. The number of rotatable bonds is 3. The molecule has 4 heteroatoms. The molecule has 0 radical (unpaired) electrons. The van der Waals surface area contributed by atoms with E-state index in [-0.39, 0.29) is 0 Å². The molecular formula is C16H14N2OS. The minimum atomic E-state index is -0.391. The fraction of sp³-hybridized carbons (Fsp3) is 0.0625. The van der Waals surface area contributed by atoms with Crippen LogP contribution < -0.4 is 5.73 Å². The lowest BCUT2D eigenvalue weighted by Gasteiger charge is -2.08. The average Bonchev–Trinajstić information content (AvgIpc) is 3.07. The van der Waals surface area contributed by atoms with Gasteiger partial charge in [0.15, 0.2) is 0 Å². The van der Waals surface area contributed by atoms with Crippen LogP contribution in [0, 0.1) is 6.92 Å². The number of thiophene rings is 1. The Kier molecular flexibility index (Phi) is 3.16. The molecule has 0 spiro atoms. The Hall–Kier alpha value is -2.33. The van der Waals surface area contributed by atoms with E-state index in [0.29, 0.717) is 4.88 Å². The van der Waals surface area contributed by atoms with Gasteiger partial charge in [-0.2, -0.15) is 0 Å². The zero-order chi connectivity index (χ0) is 14.1. The van der Waals surface area contributed by atoms with Gasteiger partial charge in [0.25, 0.3) is 5.91 Å². The van der Waals surface area contributed by atoms with E-state index in [9.17, 15) is 4.79 Å². The van der Waals surface area contributed by atoms with Crippen LogP contribution in [0.2, 0.25) is 0 Å². The van der Waals surface area contributed by atoms with Gasteiger partial charge in [-0.05, 0) is 24.6 Å². The van der Waals surface area contributed by atoms with Crippen molar-refractivity contribution < 1.29 is 4.79 Å². The predicted molar refractivity (Wildman–Crippen MR) is 82.3 cm³/mol. The second-order valence-electron chi connectivity index (χ2n) is 4.65. The SMILES string of the molecule is Cc1cccc(-c2csc(C(N)=O)c2-n2cccc2)c1. The largest absolute Gasteiger partial charge is 0.365 e. The van der Waals surface area contributed by atoms with Gasteiger partial charge in [0.2, 0.25) is 0 Å². The minimum absolute atomic E-state index is 0.391. The van der Waals surface area contributed by atoms with Gasteiger partial charge >= 0.3 is 0 Å². The summed E-state index contributed by atoms with van der Waals surface area (Å²) in [6, 6.07) is 12.1. The number of hydrogen-bond acceptors (Lipinski definition) is 2. The molecule has 3 rings (SSSR count). The number of nitrogens with zero attached hydrogens (tertiary/aromatic N) is 1. The van der Waals surface area contributed by atoms with Crippen molar-refractivity contribution in [2.75, 3.05) is 0 Å². The summed E-state index contributed by atoms with van der Waals surface area (Å²) >= 11 is 1.39. The first-order valence-electron chi connectivity index (χ1n) is 6.28. The average molecular weight is 282 g/mol. The topological polar surface area (TPSA) is 48.0 Å². The highest BCUT2D eigenvalue weighted by Gasteiger charge is 2.18. The number of aryl methyl sites for hydroxylation is 1. The highest BCUT2D eigenvalue weighted by Crippen LogP contribution is 2.35. The van der Waals surface area contributed by atoms with Gasteiger partial charge in [0.1, 0.15) is 4.88 Å². The molecule has 0 aliphatic rings. The van der Waals surface area contributed by atoms with Crippen LogP contribution in [-0.4, -0.2) is 10.5 Å². The van der Waals surface area contributed by atoms with Crippen LogP contribution in [0.3, 0.4) is 0 Å². The number of aromatic nitrogens is 1. The van der Waals surface area contributed by atoms with Crippen LogP contribution in [0.15, 0.2) is 54.2 Å². The molecule has 2 N–H and O–H groups in total. The number of hydrogen-bond donors (Lipinski definition) is 1. The molecular weight excluding hydrogens is 268 g/mol. The van der Waals surface area contributed by atoms with E-state index in [1.807, 2.05) is 46.6 Å². The number of nitrogens with two attached hydrogens (primary N) is 1. The van der Waals surface area contributed by atoms with E-state index in [0.717, 1.165) is 16.8 Å². The molecule has 1 aromatic carbocycles.